The first-order chi connectivity index (χ1) is 7.36. The van der Waals surface area contributed by atoms with Crippen LogP contribution in [0.1, 0.15) is 44.9 Å². The topological polar surface area (TPSA) is 47.6 Å². The lowest BCUT2D eigenvalue weighted by atomic mass is 9.98. The molecule has 2 rings (SSSR count). The Morgan fingerprint density at radius 1 is 1.13 bits per heavy atom. The van der Waals surface area contributed by atoms with Crippen molar-refractivity contribution in [1.82, 2.24) is 0 Å². The third-order valence-electron chi connectivity index (χ3n) is 3.29. The molecule has 3 nitrogen and oxygen atoms in total. The third-order valence-corrected chi connectivity index (χ3v) is 3.29. The van der Waals surface area contributed by atoms with Gasteiger partial charge in [-0.25, -0.2) is 0 Å². The Kier molecular flexibility index (Phi) is 4.01. The second-order valence-corrected chi connectivity index (χ2v) is 4.71. The fourth-order valence-corrected chi connectivity index (χ4v) is 2.13. The summed E-state index contributed by atoms with van der Waals surface area (Å²) in [5.74, 6) is 1.45. The standard InChI is InChI=1S/C12H22N2O/c13-12(10-6-7-10)14-8-9-15-11-4-2-1-3-5-11/h10-11H,1-9H2,(H2,13,14). The van der Waals surface area contributed by atoms with Gasteiger partial charge in [0.05, 0.1) is 25.1 Å². The zero-order valence-corrected chi connectivity index (χ0v) is 9.45. The number of aliphatic imine (C=N–C) groups is 1. The van der Waals surface area contributed by atoms with Crippen molar-refractivity contribution in [3.63, 3.8) is 0 Å². The van der Waals surface area contributed by atoms with Crippen LogP contribution < -0.4 is 5.73 Å². The molecule has 3 heteroatoms. The van der Waals surface area contributed by atoms with Crippen molar-refractivity contribution in [3.05, 3.63) is 0 Å². The Balaban J connectivity index is 1.55. The lowest BCUT2D eigenvalue weighted by molar-refractivity contribution is 0.0335. The normalized spacial score (nSPS) is 24.4. The number of hydrogen-bond acceptors (Lipinski definition) is 2. The second kappa shape index (κ2) is 5.50. The van der Waals surface area contributed by atoms with Crippen LogP contribution in [0.5, 0.6) is 0 Å². The Labute approximate surface area is 92.1 Å². The first-order valence-electron chi connectivity index (χ1n) is 6.27. The summed E-state index contributed by atoms with van der Waals surface area (Å²) in [6.45, 7) is 1.50. The maximum Gasteiger partial charge on any atom is 0.0969 e. The van der Waals surface area contributed by atoms with Gasteiger partial charge in [0.15, 0.2) is 0 Å². The van der Waals surface area contributed by atoms with Crippen LogP contribution in [0.3, 0.4) is 0 Å². The number of ether oxygens (including phenoxy) is 1. The molecule has 0 aromatic rings. The predicted octanol–water partition coefficient (Wildman–Crippen LogP) is 2.10. The van der Waals surface area contributed by atoms with Crippen LogP contribution in [-0.4, -0.2) is 25.1 Å². The molecule has 2 N–H and O–H groups in total. The molecule has 0 saturated heterocycles. The van der Waals surface area contributed by atoms with Crippen molar-refractivity contribution in [3.8, 4) is 0 Å². The summed E-state index contributed by atoms with van der Waals surface area (Å²) in [7, 11) is 0. The minimum atomic E-state index is 0.496. The van der Waals surface area contributed by atoms with Crippen LogP contribution in [0.2, 0.25) is 0 Å². The van der Waals surface area contributed by atoms with Crippen LogP contribution in [0, 0.1) is 5.92 Å². The van der Waals surface area contributed by atoms with E-state index in [9.17, 15) is 0 Å². The fraction of sp³-hybridized carbons (Fsp3) is 0.917. The van der Waals surface area contributed by atoms with E-state index >= 15 is 0 Å². The van der Waals surface area contributed by atoms with Gasteiger partial charge in [-0.1, -0.05) is 19.3 Å². The van der Waals surface area contributed by atoms with Crippen molar-refractivity contribution < 1.29 is 4.74 Å². The highest BCUT2D eigenvalue weighted by Crippen LogP contribution is 2.28. The molecule has 0 atom stereocenters. The molecule has 0 aromatic carbocycles. The molecule has 0 radical (unpaired) electrons. The molecular weight excluding hydrogens is 188 g/mol. The van der Waals surface area contributed by atoms with Gasteiger partial charge in [0.25, 0.3) is 0 Å². The number of rotatable bonds is 5. The highest BCUT2D eigenvalue weighted by Gasteiger charge is 2.25. The summed E-state index contributed by atoms with van der Waals surface area (Å²) in [6.07, 6.45) is 9.49. The molecule has 0 aromatic heterocycles. The lowest BCUT2D eigenvalue weighted by Crippen LogP contribution is -2.20. The van der Waals surface area contributed by atoms with E-state index in [0.29, 0.717) is 12.0 Å². The summed E-state index contributed by atoms with van der Waals surface area (Å²) in [5, 5.41) is 0. The highest BCUT2D eigenvalue weighted by atomic mass is 16.5. The first-order valence-corrected chi connectivity index (χ1v) is 6.27. The van der Waals surface area contributed by atoms with E-state index < -0.39 is 0 Å². The van der Waals surface area contributed by atoms with Gasteiger partial charge >= 0.3 is 0 Å². The van der Waals surface area contributed by atoms with Crippen LogP contribution in [0.25, 0.3) is 0 Å². The molecule has 0 spiro atoms. The molecule has 0 heterocycles. The van der Waals surface area contributed by atoms with Gasteiger partial charge in [-0.3, -0.25) is 4.99 Å². The molecule has 2 aliphatic carbocycles. The molecule has 0 bridgehead atoms. The van der Waals surface area contributed by atoms with E-state index in [1.165, 1.54) is 44.9 Å². The van der Waals surface area contributed by atoms with Crippen molar-refractivity contribution in [2.24, 2.45) is 16.6 Å². The zero-order chi connectivity index (χ0) is 10.5. The van der Waals surface area contributed by atoms with Gasteiger partial charge in [-0.2, -0.15) is 0 Å². The van der Waals surface area contributed by atoms with Crippen LogP contribution in [0.4, 0.5) is 0 Å². The summed E-state index contributed by atoms with van der Waals surface area (Å²) < 4.78 is 5.77. The van der Waals surface area contributed by atoms with E-state index in [0.717, 1.165) is 19.0 Å². The Morgan fingerprint density at radius 3 is 2.53 bits per heavy atom. The molecule has 2 aliphatic rings. The smallest absolute Gasteiger partial charge is 0.0969 e. The van der Waals surface area contributed by atoms with Crippen molar-refractivity contribution in [2.45, 2.75) is 51.0 Å². The maximum absolute atomic E-state index is 5.79. The highest BCUT2D eigenvalue weighted by molar-refractivity contribution is 5.84. The van der Waals surface area contributed by atoms with E-state index in [4.69, 9.17) is 10.5 Å². The molecular formula is C12H22N2O. The molecule has 15 heavy (non-hydrogen) atoms. The minimum Gasteiger partial charge on any atom is -0.387 e. The van der Waals surface area contributed by atoms with Crippen molar-refractivity contribution in [2.75, 3.05) is 13.2 Å². The zero-order valence-electron chi connectivity index (χ0n) is 9.45. The summed E-state index contributed by atoms with van der Waals surface area (Å²) in [6, 6.07) is 0. The van der Waals surface area contributed by atoms with Crippen LogP contribution in [0.15, 0.2) is 4.99 Å². The third kappa shape index (κ3) is 3.82. The Morgan fingerprint density at radius 2 is 1.87 bits per heavy atom. The summed E-state index contributed by atoms with van der Waals surface area (Å²) in [5.41, 5.74) is 5.79. The van der Waals surface area contributed by atoms with Crippen LogP contribution >= 0.6 is 0 Å². The number of hydrogen-bond donors (Lipinski definition) is 1. The number of nitrogens with two attached hydrogens (primary N) is 1. The van der Waals surface area contributed by atoms with Gasteiger partial charge < -0.3 is 10.5 Å². The summed E-state index contributed by atoms with van der Waals surface area (Å²) >= 11 is 0. The van der Waals surface area contributed by atoms with Crippen molar-refractivity contribution >= 4 is 5.84 Å². The number of nitrogens with zero attached hydrogens (tertiary/aromatic N) is 1. The predicted molar refractivity (Wildman–Crippen MR) is 62.0 cm³/mol. The maximum atomic E-state index is 5.79. The van der Waals surface area contributed by atoms with Gasteiger partial charge in [0.1, 0.15) is 0 Å². The van der Waals surface area contributed by atoms with Crippen LogP contribution in [-0.2, 0) is 4.74 Å². The van der Waals surface area contributed by atoms with Gasteiger partial charge in [0.2, 0.25) is 0 Å². The Bertz CT molecular complexity index is 218. The monoisotopic (exact) mass is 210 g/mol. The second-order valence-electron chi connectivity index (χ2n) is 4.71. The first kappa shape index (κ1) is 10.9. The summed E-state index contributed by atoms with van der Waals surface area (Å²) in [4.78, 5) is 4.34. The molecule has 2 saturated carbocycles. The molecule has 2 fully saturated rings. The SMILES string of the molecule is NC(=NCCOC1CCCCC1)C1CC1. The van der Waals surface area contributed by atoms with Crippen molar-refractivity contribution in [1.29, 1.82) is 0 Å². The van der Waals surface area contributed by atoms with Gasteiger partial charge in [-0.15, -0.1) is 0 Å². The van der Waals surface area contributed by atoms with E-state index in [1.54, 1.807) is 0 Å². The number of amidine groups is 1. The van der Waals surface area contributed by atoms with E-state index in [-0.39, 0.29) is 0 Å². The van der Waals surface area contributed by atoms with Gasteiger partial charge in [-0.05, 0) is 25.7 Å². The fourth-order valence-electron chi connectivity index (χ4n) is 2.13. The van der Waals surface area contributed by atoms with Gasteiger partial charge in [0, 0.05) is 5.92 Å². The molecule has 86 valence electrons. The average molecular weight is 210 g/mol. The Hall–Kier alpha value is -0.570. The minimum absolute atomic E-state index is 0.496. The molecule has 0 unspecified atom stereocenters. The molecule has 0 aliphatic heterocycles. The van der Waals surface area contributed by atoms with E-state index in [1.807, 2.05) is 0 Å². The quantitative estimate of drug-likeness (QED) is 0.429. The average Bonchev–Trinajstić information content (AvgIpc) is 3.09. The molecule has 0 amide bonds. The van der Waals surface area contributed by atoms with E-state index in [2.05, 4.69) is 4.99 Å². The lowest BCUT2D eigenvalue weighted by Gasteiger charge is -2.21. The largest absolute Gasteiger partial charge is 0.387 e.